The van der Waals surface area contributed by atoms with Gasteiger partial charge in [-0.3, -0.25) is 14.6 Å². The Morgan fingerprint density at radius 2 is 1.88 bits per heavy atom. The monoisotopic (exact) mass is 432 g/mol. The molecule has 0 radical (unpaired) electrons. The summed E-state index contributed by atoms with van der Waals surface area (Å²) in [6, 6.07) is 8.80. The first-order chi connectivity index (χ1) is 15.5. The number of hydrazone groups is 1. The van der Waals surface area contributed by atoms with E-state index in [1.807, 2.05) is 26.0 Å². The van der Waals surface area contributed by atoms with E-state index in [9.17, 15) is 9.59 Å². The maximum Gasteiger partial charge on any atom is 0.291 e. The Hall–Kier alpha value is -3.94. The first-order valence-corrected chi connectivity index (χ1v) is 10.3. The normalized spacial score (nSPS) is 14.0. The third-order valence-electron chi connectivity index (χ3n) is 5.37. The van der Waals surface area contributed by atoms with Crippen LogP contribution in [0, 0.1) is 13.8 Å². The zero-order chi connectivity index (χ0) is 22.7. The Bertz CT molecular complexity index is 1200. The summed E-state index contributed by atoms with van der Waals surface area (Å²) in [6.45, 7) is 3.77. The fraction of sp³-hybridized carbons (Fsp3) is 0.250. The Labute approximate surface area is 185 Å². The molecule has 1 aromatic carbocycles. The molecule has 32 heavy (non-hydrogen) atoms. The smallest absolute Gasteiger partial charge is 0.291 e. The van der Waals surface area contributed by atoms with Gasteiger partial charge in [-0.15, -0.1) is 0 Å². The fourth-order valence-electron chi connectivity index (χ4n) is 3.78. The summed E-state index contributed by atoms with van der Waals surface area (Å²) < 4.78 is 11.3. The quantitative estimate of drug-likeness (QED) is 0.592. The minimum Gasteiger partial charge on any atom is -0.495 e. The fourth-order valence-corrected chi connectivity index (χ4v) is 3.78. The number of amides is 2. The number of carbonyl (C=O) groups is 2. The molecule has 1 aliphatic carbocycles. The molecule has 0 fully saturated rings. The van der Waals surface area contributed by atoms with Crippen molar-refractivity contribution in [2.24, 2.45) is 5.10 Å². The van der Waals surface area contributed by atoms with Gasteiger partial charge in [0, 0.05) is 35.5 Å². The highest BCUT2D eigenvalue weighted by Crippen LogP contribution is 2.31. The zero-order valence-electron chi connectivity index (χ0n) is 18.2. The summed E-state index contributed by atoms with van der Waals surface area (Å²) in [5, 5.41) is 7.22. The molecular weight excluding hydrogens is 408 g/mol. The second kappa shape index (κ2) is 9.05. The number of methoxy groups -OCH3 is 1. The molecule has 0 saturated heterocycles. The van der Waals surface area contributed by atoms with Crippen molar-refractivity contribution in [3.8, 4) is 5.75 Å². The Morgan fingerprint density at radius 1 is 1.09 bits per heavy atom. The van der Waals surface area contributed by atoms with Gasteiger partial charge in [0.05, 0.1) is 18.5 Å². The molecule has 2 aromatic heterocycles. The average molecular weight is 432 g/mol. The van der Waals surface area contributed by atoms with Crippen molar-refractivity contribution in [3.63, 3.8) is 0 Å². The molecule has 0 atom stereocenters. The Balaban J connectivity index is 1.59. The molecule has 2 amide bonds. The van der Waals surface area contributed by atoms with E-state index in [0.717, 1.165) is 17.5 Å². The summed E-state index contributed by atoms with van der Waals surface area (Å²) in [4.78, 5) is 29.3. The molecule has 8 heteroatoms. The molecule has 0 spiro atoms. The van der Waals surface area contributed by atoms with Crippen LogP contribution in [0.4, 0.5) is 5.69 Å². The first kappa shape index (κ1) is 21.3. The van der Waals surface area contributed by atoms with Crippen molar-refractivity contribution < 1.29 is 18.7 Å². The highest BCUT2D eigenvalue weighted by Gasteiger charge is 2.28. The van der Waals surface area contributed by atoms with Crippen molar-refractivity contribution in [1.29, 1.82) is 0 Å². The number of aromatic nitrogens is 1. The van der Waals surface area contributed by atoms with Gasteiger partial charge in [0.1, 0.15) is 11.5 Å². The minimum atomic E-state index is -0.360. The molecule has 4 rings (SSSR count). The number of fused-ring (bicyclic) bond motifs is 1. The summed E-state index contributed by atoms with van der Waals surface area (Å²) >= 11 is 0. The van der Waals surface area contributed by atoms with E-state index >= 15 is 0 Å². The number of pyridine rings is 1. The van der Waals surface area contributed by atoms with Crippen molar-refractivity contribution in [2.75, 3.05) is 12.4 Å². The van der Waals surface area contributed by atoms with E-state index in [2.05, 4.69) is 20.8 Å². The Morgan fingerprint density at radius 3 is 2.62 bits per heavy atom. The van der Waals surface area contributed by atoms with Gasteiger partial charge >= 0.3 is 0 Å². The van der Waals surface area contributed by atoms with Gasteiger partial charge in [0.2, 0.25) is 0 Å². The lowest BCUT2D eigenvalue weighted by Gasteiger charge is -2.13. The summed E-state index contributed by atoms with van der Waals surface area (Å²) in [6.07, 6.45) is 5.30. The highest BCUT2D eigenvalue weighted by atomic mass is 16.5. The van der Waals surface area contributed by atoms with Crippen molar-refractivity contribution >= 4 is 23.2 Å². The number of aryl methyl sites for hydroxylation is 2. The number of furan rings is 1. The highest BCUT2D eigenvalue weighted by molar-refractivity contribution is 6.10. The number of carbonyl (C=O) groups excluding carboxylic acids is 2. The molecule has 3 aromatic rings. The summed E-state index contributed by atoms with van der Waals surface area (Å²) in [7, 11) is 1.56. The van der Waals surface area contributed by atoms with Crippen LogP contribution in [0.5, 0.6) is 5.75 Å². The standard InChI is InChI=1S/C24H24N4O4/c1-14-7-8-19(31-3)18(13-14)26-24(30)22-15(2)21-17(5-4-6-20(21)32-22)27-28-23(29)16-9-11-25-12-10-16/h7-13H,4-6H2,1-3H3,(H,26,30)(H,28,29)/b27-17+. The van der Waals surface area contributed by atoms with Crippen LogP contribution in [0.15, 0.2) is 52.2 Å². The van der Waals surface area contributed by atoms with E-state index in [1.165, 1.54) is 0 Å². The lowest BCUT2D eigenvalue weighted by molar-refractivity contribution is 0.0953. The molecule has 164 valence electrons. The molecular formula is C24H24N4O4. The van der Waals surface area contributed by atoms with E-state index < -0.39 is 0 Å². The molecule has 0 unspecified atom stereocenters. The van der Waals surface area contributed by atoms with Gasteiger partial charge in [-0.2, -0.15) is 5.10 Å². The van der Waals surface area contributed by atoms with Crippen molar-refractivity contribution in [2.45, 2.75) is 33.1 Å². The van der Waals surface area contributed by atoms with Crippen LogP contribution in [-0.2, 0) is 6.42 Å². The number of anilines is 1. The van der Waals surface area contributed by atoms with E-state index in [1.54, 1.807) is 37.7 Å². The third-order valence-corrected chi connectivity index (χ3v) is 5.37. The van der Waals surface area contributed by atoms with Gasteiger partial charge in [0.25, 0.3) is 11.8 Å². The SMILES string of the molecule is COc1ccc(C)cc1NC(=O)c1oc2c(c1C)/C(=N/NC(=O)c1ccncc1)CCC2. The number of nitrogens with one attached hydrogen (secondary N) is 2. The van der Waals surface area contributed by atoms with Crippen LogP contribution < -0.4 is 15.5 Å². The van der Waals surface area contributed by atoms with Crippen molar-refractivity contribution in [3.05, 3.63) is 76.5 Å². The van der Waals surface area contributed by atoms with Crippen LogP contribution in [0.2, 0.25) is 0 Å². The van der Waals surface area contributed by atoms with Crippen LogP contribution in [0.3, 0.4) is 0 Å². The molecule has 2 N–H and O–H groups in total. The Kier molecular flexibility index (Phi) is 6.02. The third kappa shape index (κ3) is 4.25. The second-order valence-electron chi connectivity index (χ2n) is 7.60. The number of ether oxygens (including phenoxy) is 1. The predicted octanol–water partition coefficient (Wildman–Crippen LogP) is 4.02. The van der Waals surface area contributed by atoms with Gasteiger partial charge in [-0.05, 0) is 56.5 Å². The minimum absolute atomic E-state index is 0.230. The number of rotatable bonds is 5. The maximum absolute atomic E-state index is 13.0. The van der Waals surface area contributed by atoms with Crippen LogP contribution in [0.1, 0.15) is 56.2 Å². The van der Waals surface area contributed by atoms with Gasteiger partial charge in [-0.25, -0.2) is 5.43 Å². The molecule has 1 aliphatic rings. The number of benzene rings is 1. The first-order valence-electron chi connectivity index (χ1n) is 10.3. The van der Waals surface area contributed by atoms with E-state index in [-0.39, 0.29) is 17.6 Å². The van der Waals surface area contributed by atoms with E-state index in [0.29, 0.717) is 46.9 Å². The van der Waals surface area contributed by atoms with Crippen LogP contribution >= 0.6 is 0 Å². The van der Waals surface area contributed by atoms with E-state index in [4.69, 9.17) is 9.15 Å². The maximum atomic E-state index is 13.0. The number of hydrogen-bond donors (Lipinski definition) is 2. The number of nitrogens with zero attached hydrogens (tertiary/aromatic N) is 2. The topological polar surface area (TPSA) is 106 Å². The molecule has 0 saturated carbocycles. The lowest BCUT2D eigenvalue weighted by Crippen LogP contribution is -2.22. The van der Waals surface area contributed by atoms with Crippen LogP contribution in [-0.4, -0.2) is 29.6 Å². The van der Waals surface area contributed by atoms with Gasteiger partial charge in [-0.1, -0.05) is 6.07 Å². The zero-order valence-corrected chi connectivity index (χ0v) is 18.2. The summed E-state index contributed by atoms with van der Waals surface area (Å²) in [5.41, 5.74) is 6.81. The lowest BCUT2D eigenvalue weighted by atomic mass is 9.93. The molecule has 0 bridgehead atoms. The predicted molar refractivity (Wildman–Crippen MR) is 120 cm³/mol. The second-order valence-corrected chi connectivity index (χ2v) is 7.60. The molecule has 0 aliphatic heterocycles. The largest absolute Gasteiger partial charge is 0.495 e. The number of hydrogen-bond acceptors (Lipinski definition) is 6. The van der Waals surface area contributed by atoms with Crippen LogP contribution in [0.25, 0.3) is 0 Å². The van der Waals surface area contributed by atoms with Gasteiger partial charge < -0.3 is 14.5 Å². The molecule has 8 nitrogen and oxygen atoms in total. The summed E-state index contributed by atoms with van der Waals surface area (Å²) in [5.74, 6) is 0.818. The average Bonchev–Trinajstić information content (AvgIpc) is 3.15. The van der Waals surface area contributed by atoms with Crippen molar-refractivity contribution in [1.82, 2.24) is 10.4 Å². The van der Waals surface area contributed by atoms with Gasteiger partial charge in [0.15, 0.2) is 5.76 Å². The molecule has 2 heterocycles.